The number of nitrogens with zero attached hydrogens (tertiary/aromatic N) is 2. The molecule has 6 heteroatoms. The average Bonchev–Trinajstić information content (AvgIpc) is 3.24. The van der Waals surface area contributed by atoms with Crippen LogP contribution in [0.1, 0.15) is 30.3 Å². The van der Waals surface area contributed by atoms with Crippen LogP contribution in [0.4, 0.5) is 0 Å². The zero-order valence-electron chi connectivity index (χ0n) is 10.4. The summed E-state index contributed by atoms with van der Waals surface area (Å²) >= 11 is 16.1. The standard InChI is InChI=1S/C14H11Cl2IN2S/c15-9-2-1-3-10(6-9)20-7-11-18-13(8-4-5-8)12(17)14(16)19-11/h1-3,6,8H,4-5,7H2. The van der Waals surface area contributed by atoms with Gasteiger partial charge in [0.2, 0.25) is 0 Å². The second-order valence-electron chi connectivity index (χ2n) is 4.65. The van der Waals surface area contributed by atoms with Crippen LogP contribution in [-0.4, -0.2) is 9.97 Å². The molecule has 2 nitrogen and oxygen atoms in total. The monoisotopic (exact) mass is 436 g/mol. The summed E-state index contributed by atoms with van der Waals surface area (Å²) in [6, 6.07) is 7.80. The van der Waals surface area contributed by atoms with Gasteiger partial charge in [-0.15, -0.1) is 11.8 Å². The van der Waals surface area contributed by atoms with Gasteiger partial charge in [0, 0.05) is 15.8 Å². The van der Waals surface area contributed by atoms with Gasteiger partial charge < -0.3 is 0 Å². The number of thioether (sulfide) groups is 1. The Morgan fingerprint density at radius 3 is 2.75 bits per heavy atom. The van der Waals surface area contributed by atoms with E-state index in [2.05, 4.69) is 32.6 Å². The molecule has 1 aliphatic carbocycles. The highest BCUT2D eigenvalue weighted by molar-refractivity contribution is 14.1. The number of rotatable bonds is 4. The van der Waals surface area contributed by atoms with Crippen molar-refractivity contribution in [2.24, 2.45) is 0 Å². The van der Waals surface area contributed by atoms with Crippen molar-refractivity contribution >= 4 is 57.6 Å². The van der Waals surface area contributed by atoms with Crippen LogP contribution >= 0.6 is 57.6 Å². The highest BCUT2D eigenvalue weighted by Crippen LogP contribution is 2.42. The van der Waals surface area contributed by atoms with Gasteiger partial charge in [0.1, 0.15) is 11.0 Å². The molecule has 0 spiro atoms. The Balaban J connectivity index is 1.77. The quantitative estimate of drug-likeness (QED) is 0.356. The van der Waals surface area contributed by atoms with E-state index in [-0.39, 0.29) is 0 Å². The van der Waals surface area contributed by atoms with Gasteiger partial charge in [-0.3, -0.25) is 0 Å². The Kier molecular flexibility index (Phi) is 4.75. The van der Waals surface area contributed by atoms with Crippen molar-refractivity contribution in [3.63, 3.8) is 0 Å². The molecule has 3 rings (SSSR count). The molecule has 1 aromatic carbocycles. The van der Waals surface area contributed by atoms with Crippen LogP contribution in [0.5, 0.6) is 0 Å². The number of hydrogen-bond donors (Lipinski definition) is 0. The first-order valence-electron chi connectivity index (χ1n) is 6.23. The van der Waals surface area contributed by atoms with Crippen LogP contribution in [0.25, 0.3) is 0 Å². The minimum atomic E-state index is 0.573. The van der Waals surface area contributed by atoms with Gasteiger partial charge >= 0.3 is 0 Å². The predicted molar refractivity (Wildman–Crippen MR) is 92.7 cm³/mol. The lowest BCUT2D eigenvalue weighted by Crippen LogP contribution is -2.01. The van der Waals surface area contributed by atoms with Crippen molar-refractivity contribution in [3.05, 3.63) is 49.5 Å². The Morgan fingerprint density at radius 2 is 2.05 bits per heavy atom. The molecule has 20 heavy (non-hydrogen) atoms. The van der Waals surface area contributed by atoms with Gasteiger partial charge in [0.05, 0.1) is 15.0 Å². The normalized spacial score (nSPS) is 14.6. The van der Waals surface area contributed by atoms with Crippen molar-refractivity contribution in [2.75, 3.05) is 0 Å². The first kappa shape index (κ1) is 14.9. The Morgan fingerprint density at radius 1 is 1.25 bits per heavy atom. The summed E-state index contributed by atoms with van der Waals surface area (Å²) in [5.74, 6) is 2.08. The molecule has 2 aromatic rings. The summed E-state index contributed by atoms with van der Waals surface area (Å²) in [5.41, 5.74) is 1.12. The van der Waals surface area contributed by atoms with Crippen molar-refractivity contribution in [3.8, 4) is 0 Å². The molecule has 104 valence electrons. The second-order valence-corrected chi connectivity index (χ2v) is 7.57. The largest absolute Gasteiger partial charge is 0.236 e. The highest BCUT2D eigenvalue weighted by Gasteiger charge is 2.29. The van der Waals surface area contributed by atoms with Crippen LogP contribution in [0.15, 0.2) is 29.2 Å². The number of aromatic nitrogens is 2. The third-order valence-electron chi connectivity index (χ3n) is 3.01. The summed E-state index contributed by atoms with van der Waals surface area (Å²) < 4.78 is 1.00. The van der Waals surface area contributed by atoms with Gasteiger partial charge in [-0.05, 0) is 53.6 Å². The minimum absolute atomic E-state index is 0.573. The third kappa shape index (κ3) is 3.59. The second kappa shape index (κ2) is 6.38. The van der Waals surface area contributed by atoms with E-state index in [1.807, 2.05) is 24.3 Å². The first-order valence-corrected chi connectivity index (χ1v) is 9.05. The van der Waals surface area contributed by atoms with E-state index >= 15 is 0 Å². The van der Waals surface area contributed by atoms with Crippen molar-refractivity contribution < 1.29 is 0 Å². The number of benzene rings is 1. The molecule has 0 radical (unpaired) electrons. The van der Waals surface area contributed by atoms with E-state index in [0.29, 0.717) is 16.8 Å². The van der Waals surface area contributed by atoms with E-state index in [4.69, 9.17) is 23.2 Å². The van der Waals surface area contributed by atoms with Crippen molar-refractivity contribution in [2.45, 2.75) is 29.4 Å². The molecular formula is C14H11Cl2IN2S. The number of hydrogen-bond acceptors (Lipinski definition) is 3. The van der Waals surface area contributed by atoms with Gasteiger partial charge in [0.25, 0.3) is 0 Å². The maximum atomic E-state index is 6.21. The first-order chi connectivity index (χ1) is 9.63. The van der Waals surface area contributed by atoms with Crippen LogP contribution in [0.2, 0.25) is 10.2 Å². The van der Waals surface area contributed by atoms with Crippen LogP contribution < -0.4 is 0 Å². The van der Waals surface area contributed by atoms with E-state index < -0.39 is 0 Å². The Labute approximate surface area is 145 Å². The molecule has 0 saturated heterocycles. The van der Waals surface area contributed by atoms with Gasteiger partial charge in [-0.1, -0.05) is 29.3 Å². The van der Waals surface area contributed by atoms with Crippen molar-refractivity contribution in [1.82, 2.24) is 9.97 Å². The molecule has 0 atom stereocenters. The summed E-state index contributed by atoms with van der Waals surface area (Å²) in [7, 11) is 0. The smallest absolute Gasteiger partial charge is 0.146 e. The molecular weight excluding hydrogens is 426 g/mol. The zero-order chi connectivity index (χ0) is 14.1. The highest BCUT2D eigenvalue weighted by atomic mass is 127. The topological polar surface area (TPSA) is 25.8 Å². The maximum absolute atomic E-state index is 6.21. The zero-order valence-corrected chi connectivity index (χ0v) is 14.9. The van der Waals surface area contributed by atoms with E-state index in [1.54, 1.807) is 11.8 Å². The van der Waals surface area contributed by atoms with Gasteiger partial charge in [0.15, 0.2) is 0 Å². The molecule has 0 aliphatic heterocycles. The average molecular weight is 437 g/mol. The lowest BCUT2D eigenvalue weighted by molar-refractivity contribution is 0.918. The number of halogens is 3. The Bertz CT molecular complexity index is 647. The van der Waals surface area contributed by atoms with E-state index in [0.717, 1.165) is 25.0 Å². The molecule has 0 bridgehead atoms. The van der Waals surface area contributed by atoms with Crippen LogP contribution in [0.3, 0.4) is 0 Å². The van der Waals surface area contributed by atoms with E-state index in [9.17, 15) is 0 Å². The summed E-state index contributed by atoms with van der Waals surface area (Å²) in [4.78, 5) is 10.2. The fraction of sp³-hybridized carbons (Fsp3) is 0.286. The molecule has 1 fully saturated rings. The maximum Gasteiger partial charge on any atom is 0.146 e. The molecule has 0 unspecified atom stereocenters. The minimum Gasteiger partial charge on any atom is -0.236 e. The summed E-state index contributed by atoms with van der Waals surface area (Å²) in [6.07, 6.45) is 2.43. The SMILES string of the molecule is Clc1cccc(SCc2nc(Cl)c(I)c(C3CC3)n2)c1. The summed E-state index contributed by atoms with van der Waals surface area (Å²) in [6.45, 7) is 0. The van der Waals surface area contributed by atoms with Gasteiger partial charge in [-0.25, -0.2) is 9.97 Å². The molecule has 1 aliphatic rings. The van der Waals surface area contributed by atoms with Gasteiger partial charge in [-0.2, -0.15) is 0 Å². The fourth-order valence-corrected chi connectivity index (χ4v) is 3.82. The molecule has 1 aromatic heterocycles. The molecule has 0 amide bonds. The van der Waals surface area contributed by atoms with E-state index in [1.165, 1.54) is 12.8 Å². The Hall–Kier alpha value is -0.0400. The molecule has 0 N–H and O–H groups in total. The predicted octanol–water partition coefficient (Wildman–Crippen LogP) is 5.56. The molecule has 1 saturated carbocycles. The third-order valence-corrected chi connectivity index (χ3v) is 5.89. The fourth-order valence-electron chi connectivity index (χ4n) is 1.88. The lowest BCUT2D eigenvalue weighted by atomic mass is 10.3. The summed E-state index contributed by atoms with van der Waals surface area (Å²) in [5, 5.41) is 1.32. The van der Waals surface area contributed by atoms with Crippen LogP contribution in [0, 0.1) is 3.57 Å². The molecule has 1 heterocycles. The lowest BCUT2D eigenvalue weighted by Gasteiger charge is -2.07. The van der Waals surface area contributed by atoms with Crippen LogP contribution in [-0.2, 0) is 5.75 Å². The van der Waals surface area contributed by atoms with Crippen molar-refractivity contribution in [1.29, 1.82) is 0 Å².